The minimum absolute atomic E-state index is 0.103. The molecule has 0 saturated heterocycles. The third-order valence-electron chi connectivity index (χ3n) is 2.90. The summed E-state index contributed by atoms with van der Waals surface area (Å²) >= 11 is 0. The zero-order valence-electron chi connectivity index (χ0n) is 8.60. The van der Waals surface area contributed by atoms with Gasteiger partial charge < -0.3 is 14.9 Å². The Morgan fingerprint density at radius 2 is 2.07 bits per heavy atom. The SMILES string of the molecule is OC[C@]1(O)C[C@@H]1COCc1ccccc1. The molecule has 2 rings (SSSR count). The largest absolute Gasteiger partial charge is 0.393 e. The van der Waals surface area contributed by atoms with E-state index >= 15 is 0 Å². The van der Waals surface area contributed by atoms with Gasteiger partial charge in [-0.3, -0.25) is 0 Å². The van der Waals surface area contributed by atoms with E-state index in [1.54, 1.807) is 0 Å². The van der Waals surface area contributed by atoms with Crippen molar-refractivity contribution < 1.29 is 14.9 Å². The second-order valence-electron chi connectivity index (χ2n) is 4.16. The maximum absolute atomic E-state index is 9.56. The van der Waals surface area contributed by atoms with E-state index in [9.17, 15) is 5.11 Å². The fourth-order valence-corrected chi connectivity index (χ4v) is 1.67. The lowest BCUT2D eigenvalue weighted by Gasteiger charge is -2.07. The average Bonchev–Trinajstić information content (AvgIpc) is 2.92. The maximum atomic E-state index is 9.56. The lowest BCUT2D eigenvalue weighted by atomic mass is 10.2. The van der Waals surface area contributed by atoms with Crippen molar-refractivity contribution in [2.45, 2.75) is 18.6 Å². The summed E-state index contributed by atoms with van der Waals surface area (Å²) in [6.07, 6.45) is 0.651. The first kappa shape index (κ1) is 10.6. The molecule has 1 aliphatic carbocycles. The van der Waals surface area contributed by atoms with Gasteiger partial charge in [0.05, 0.1) is 25.4 Å². The number of hydrogen-bond donors (Lipinski definition) is 2. The molecule has 0 amide bonds. The first-order valence-corrected chi connectivity index (χ1v) is 5.19. The molecule has 1 aromatic rings. The van der Waals surface area contributed by atoms with Crippen molar-refractivity contribution in [2.24, 2.45) is 5.92 Å². The Kier molecular flexibility index (Phi) is 3.05. The van der Waals surface area contributed by atoms with Crippen LogP contribution in [0.3, 0.4) is 0 Å². The number of ether oxygens (including phenoxy) is 1. The molecule has 82 valence electrons. The van der Waals surface area contributed by atoms with Crippen LogP contribution in [0.5, 0.6) is 0 Å². The smallest absolute Gasteiger partial charge is 0.0932 e. The molecule has 1 aromatic carbocycles. The summed E-state index contributed by atoms with van der Waals surface area (Å²) < 4.78 is 5.47. The standard InChI is InChI=1S/C12H16O3/c13-9-12(14)6-11(12)8-15-7-10-4-2-1-3-5-10/h1-5,11,13-14H,6-9H2/t11-,12-/m1/s1. The van der Waals surface area contributed by atoms with Crippen LogP contribution in [0.15, 0.2) is 30.3 Å². The molecule has 0 spiro atoms. The van der Waals surface area contributed by atoms with Gasteiger partial charge in [0.2, 0.25) is 0 Å². The molecule has 0 bridgehead atoms. The monoisotopic (exact) mass is 208 g/mol. The normalized spacial score (nSPS) is 29.1. The first-order valence-electron chi connectivity index (χ1n) is 5.19. The van der Waals surface area contributed by atoms with Crippen molar-refractivity contribution in [1.82, 2.24) is 0 Å². The van der Waals surface area contributed by atoms with Crippen LogP contribution in [0.25, 0.3) is 0 Å². The van der Waals surface area contributed by atoms with Crippen LogP contribution in [-0.2, 0) is 11.3 Å². The Morgan fingerprint density at radius 3 is 2.67 bits per heavy atom. The zero-order valence-corrected chi connectivity index (χ0v) is 8.60. The van der Waals surface area contributed by atoms with Gasteiger partial charge in [0, 0.05) is 5.92 Å². The van der Waals surface area contributed by atoms with E-state index in [1.165, 1.54) is 0 Å². The van der Waals surface area contributed by atoms with Crippen LogP contribution >= 0.6 is 0 Å². The Bertz CT molecular complexity index is 312. The van der Waals surface area contributed by atoms with E-state index in [-0.39, 0.29) is 12.5 Å². The molecule has 1 fully saturated rings. The average molecular weight is 208 g/mol. The van der Waals surface area contributed by atoms with E-state index in [1.807, 2.05) is 30.3 Å². The molecular formula is C12H16O3. The van der Waals surface area contributed by atoms with Gasteiger partial charge >= 0.3 is 0 Å². The highest BCUT2D eigenvalue weighted by molar-refractivity contribution is 5.13. The number of benzene rings is 1. The molecular weight excluding hydrogens is 192 g/mol. The molecule has 0 heterocycles. The highest BCUT2D eigenvalue weighted by Gasteiger charge is 2.52. The van der Waals surface area contributed by atoms with Crippen molar-refractivity contribution in [2.75, 3.05) is 13.2 Å². The highest BCUT2D eigenvalue weighted by Crippen LogP contribution is 2.42. The molecule has 2 atom stereocenters. The first-order chi connectivity index (χ1) is 7.24. The maximum Gasteiger partial charge on any atom is 0.0932 e. The van der Waals surface area contributed by atoms with E-state index < -0.39 is 5.60 Å². The molecule has 2 N–H and O–H groups in total. The lowest BCUT2D eigenvalue weighted by molar-refractivity contribution is 0.0313. The van der Waals surface area contributed by atoms with Gasteiger partial charge in [-0.2, -0.15) is 0 Å². The van der Waals surface area contributed by atoms with Gasteiger partial charge in [-0.25, -0.2) is 0 Å². The van der Waals surface area contributed by atoms with Gasteiger partial charge in [-0.05, 0) is 12.0 Å². The van der Waals surface area contributed by atoms with E-state index in [2.05, 4.69) is 0 Å². The molecule has 3 nitrogen and oxygen atoms in total. The number of aliphatic hydroxyl groups is 2. The van der Waals surface area contributed by atoms with Crippen molar-refractivity contribution in [1.29, 1.82) is 0 Å². The molecule has 0 aromatic heterocycles. The van der Waals surface area contributed by atoms with E-state index in [0.717, 1.165) is 5.56 Å². The van der Waals surface area contributed by atoms with Crippen LogP contribution in [-0.4, -0.2) is 29.0 Å². The van der Waals surface area contributed by atoms with Crippen LogP contribution in [0.4, 0.5) is 0 Å². The molecule has 3 heteroatoms. The van der Waals surface area contributed by atoms with Crippen LogP contribution in [0.1, 0.15) is 12.0 Å². The fourth-order valence-electron chi connectivity index (χ4n) is 1.67. The Labute approximate surface area is 89.3 Å². The summed E-state index contributed by atoms with van der Waals surface area (Å²) in [4.78, 5) is 0. The second-order valence-corrected chi connectivity index (χ2v) is 4.16. The quantitative estimate of drug-likeness (QED) is 0.757. The molecule has 1 saturated carbocycles. The molecule has 0 unspecified atom stereocenters. The predicted molar refractivity (Wildman–Crippen MR) is 56.2 cm³/mol. The second kappa shape index (κ2) is 4.31. The minimum Gasteiger partial charge on any atom is -0.393 e. The van der Waals surface area contributed by atoms with Gasteiger partial charge in [-0.1, -0.05) is 30.3 Å². The van der Waals surface area contributed by atoms with Crippen molar-refractivity contribution >= 4 is 0 Å². The lowest BCUT2D eigenvalue weighted by Crippen LogP contribution is -2.18. The molecule has 0 aliphatic heterocycles. The summed E-state index contributed by atoms with van der Waals surface area (Å²) in [5.41, 5.74) is 0.266. The number of rotatable bonds is 5. The Morgan fingerprint density at radius 1 is 1.33 bits per heavy atom. The van der Waals surface area contributed by atoms with Crippen LogP contribution in [0.2, 0.25) is 0 Å². The third kappa shape index (κ3) is 2.56. The third-order valence-corrected chi connectivity index (χ3v) is 2.90. The van der Waals surface area contributed by atoms with Gasteiger partial charge in [0.15, 0.2) is 0 Å². The topological polar surface area (TPSA) is 49.7 Å². The van der Waals surface area contributed by atoms with Gasteiger partial charge in [0.1, 0.15) is 0 Å². The van der Waals surface area contributed by atoms with Gasteiger partial charge in [0.25, 0.3) is 0 Å². The summed E-state index contributed by atoms with van der Waals surface area (Å²) in [5, 5.41) is 18.4. The highest BCUT2D eigenvalue weighted by atomic mass is 16.5. The summed E-state index contributed by atoms with van der Waals surface area (Å²) in [6, 6.07) is 9.92. The van der Waals surface area contributed by atoms with Crippen LogP contribution in [0, 0.1) is 5.92 Å². The van der Waals surface area contributed by atoms with Crippen LogP contribution < -0.4 is 0 Å². The molecule has 15 heavy (non-hydrogen) atoms. The Hall–Kier alpha value is -0.900. The molecule has 1 aliphatic rings. The summed E-state index contributed by atoms with van der Waals surface area (Å²) in [5.74, 6) is 0.103. The number of hydrogen-bond acceptors (Lipinski definition) is 3. The minimum atomic E-state index is -0.864. The summed E-state index contributed by atoms with van der Waals surface area (Å²) in [6.45, 7) is 0.928. The zero-order chi connectivity index (χ0) is 10.7. The van der Waals surface area contributed by atoms with Crippen molar-refractivity contribution in [3.63, 3.8) is 0 Å². The fraction of sp³-hybridized carbons (Fsp3) is 0.500. The Balaban J connectivity index is 1.69. The van der Waals surface area contributed by atoms with E-state index in [0.29, 0.717) is 19.6 Å². The number of aliphatic hydroxyl groups excluding tert-OH is 1. The summed E-state index contributed by atoms with van der Waals surface area (Å²) in [7, 11) is 0. The van der Waals surface area contributed by atoms with Crippen molar-refractivity contribution in [3.05, 3.63) is 35.9 Å². The molecule has 0 radical (unpaired) electrons. The van der Waals surface area contributed by atoms with E-state index in [4.69, 9.17) is 9.84 Å². The van der Waals surface area contributed by atoms with Crippen molar-refractivity contribution in [3.8, 4) is 0 Å². The van der Waals surface area contributed by atoms with Gasteiger partial charge in [-0.15, -0.1) is 0 Å². The predicted octanol–water partition coefficient (Wildman–Crippen LogP) is 0.946.